The maximum Gasteiger partial charge on any atom is 0.225 e. The minimum Gasteiger partial charge on any atom is -0.486 e. The predicted molar refractivity (Wildman–Crippen MR) is 76.8 cm³/mol. The first-order valence-corrected chi connectivity index (χ1v) is 7.46. The van der Waals surface area contributed by atoms with E-state index in [1.165, 1.54) is 4.88 Å². The van der Waals surface area contributed by atoms with E-state index >= 15 is 0 Å². The first-order chi connectivity index (χ1) is 9.81. The molecule has 0 spiro atoms. The largest absolute Gasteiger partial charge is 0.486 e. The zero-order chi connectivity index (χ0) is 13.5. The molecule has 0 saturated heterocycles. The Morgan fingerprint density at radius 1 is 1.20 bits per heavy atom. The van der Waals surface area contributed by atoms with E-state index in [4.69, 9.17) is 9.47 Å². The number of fused-ring (bicyclic) bond motifs is 2. The number of hydrogen-bond acceptors (Lipinski definition) is 4. The fourth-order valence-corrected chi connectivity index (χ4v) is 3.59. The van der Waals surface area contributed by atoms with Crippen molar-refractivity contribution in [1.29, 1.82) is 0 Å². The Kier molecular flexibility index (Phi) is 2.67. The summed E-state index contributed by atoms with van der Waals surface area (Å²) >= 11 is 1.68. The molecule has 0 saturated carbocycles. The summed E-state index contributed by atoms with van der Waals surface area (Å²) in [7, 11) is 0. The average Bonchev–Trinajstić information content (AvgIpc) is 2.98. The van der Waals surface area contributed by atoms with Crippen LogP contribution in [0, 0.1) is 0 Å². The van der Waals surface area contributed by atoms with Crippen LogP contribution in [0.15, 0.2) is 29.6 Å². The van der Waals surface area contributed by atoms with Crippen LogP contribution in [0.25, 0.3) is 0 Å². The number of ether oxygens (including phenoxy) is 2. The molecule has 102 valence electrons. The van der Waals surface area contributed by atoms with Crippen LogP contribution in [0.3, 0.4) is 0 Å². The van der Waals surface area contributed by atoms with Gasteiger partial charge in [0.15, 0.2) is 11.5 Å². The second-order valence-electron chi connectivity index (χ2n) is 4.90. The zero-order valence-corrected chi connectivity index (χ0v) is 11.5. The number of hydrogen-bond donors (Lipinski definition) is 1. The Hall–Kier alpha value is -2.01. The Morgan fingerprint density at radius 3 is 2.75 bits per heavy atom. The maximum atomic E-state index is 11.9. The predicted octanol–water partition coefficient (Wildman–Crippen LogP) is 2.99. The molecule has 0 fully saturated rings. The summed E-state index contributed by atoms with van der Waals surface area (Å²) < 4.78 is 11.2. The average molecular weight is 287 g/mol. The lowest BCUT2D eigenvalue weighted by Crippen LogP contribution is -2.24. The summed E-state index contributed by atoms with van der Waals surface area (Å²) in [6, 6.07) is 7.98. The van der Waals surface area contributed by atoms with Gasteiger partial charge in [-0.05, 0) is 23.1 Å². The van der Waals surface area contributed by atoms with E-state index in [0.717, 1.165) is 17.0 Å². The van der Waals surface area contributed by atoms with E-state index in [2.05, 4.69) is 11.4 Å². The SMILES string of the molecule is O=C1C[C@@H](c2cccs2)c2cc3c(cc2N1)OCCO3. The van der Waals surface area contributed by atoms with E-state index < -0.39 is 0 Å². The van der Waals surface area contributed by atoms with Crippen molar-refractivity contribution < 1.29 is 14.3 Å². The molecule has 1 amide bonds. The van der Waals surface area contributed by atoms with Gasteiger partial charge in [-0.15, -0.1) is 11.3 Å². The topological polar surface area (TPSA) is 47.6 Å². The molecular weight excluding hydrogens is 274 g/mol. The number of carbonyl (C=O) groups is 1. The highest BCUT2D eigenvalue weighted by Crippen LogP contribution is 2.44. The Labute approximate surface area is 120 Å². The summed E-state index contributed by atoms with van der Waals surface area (Å²) in [6.45, 7) is 1.12. The molecule has 5 heteroatoms. The fourth-order valence-electron chi connectivity index (χ4n) is 2.74. The van der Waals surface area contributed by atoms with Gasteiger partial charge >= 0.3 is 0 Å². The van der Waals surface area contributed by atoms with Gasteiger partial charge in [0.2, 0.25) is 5.91 Å². The summed E-state index contributed by atoms with van der Waals surface area (Å²) in [5, 5.41) is 4.97. The zero-order valence-electron chi connectivity index (χ0n) is 10.7. The van der Waals surface area contributed by atoms with Gasteiger partial charge in [0.1, 0.15) is 13.2 Å². The number of carbonyl (C=O) groups excluding carboxylic acids is 1. The lowest BCUT2D eigenvalue weighted by molar-refractivity contribution is -0.116. The molecule has 2 aliphatic heterocycles. The molecule has 20 heavy (non-hydrogen) atoms. The Morgan fingerprint density at radius 2 is 2.00 bits per heavy atom. The van der Waals surface area contributed by atoms with E-state index in [1.807, 2.05) is 23.6 Å². The van der Waals surface area contributed by atoms with Crippen LogP contribution < -0.4 is 14.8 Å². The van der Waals surface area contributed by atoms with Crippen LogP contribution in [-0.4, -0.2) is 19.1 Å². The molecule has 2 aliphatic rings. The second kappa shape index (κ2) is 4.52. The van der Waals surface area contributed by atoms with E-state index in [1.54, 1.807) is 11.3 Å². The molecule has 1 atom stereocenters. The number of rotatable bonds is 1. The number of amides is 1. The second-order valence-corrected chi connectivity index (χ2v) is 5.88. The maximum absolute atomic E-state index is 11.9. The molecule has 4 rings (SSSR count). The number of benzene rings is 1. The molecule has 1 aromatic carbocycles. The van der Waals surface area contributed by atoms with Gasteiger partial charge in [0.05, 0.1) is 0 Å². The van der Waals surface area contributed by atoms with Crippen molar-refractivity contribution in [2.45, 2.75) is 12.3 Å². The molecule has 0 bridgehead atoms. The summed E-state index contributed by atoms with van der Waals surface area (Å²) in [5.41, 5.74) is 1.94. The first kappa shape index (κ1) is 11.8. The molecule has 1 N–H and O–H groups in total. The molecule has 0 radical (unpaired) electrons. The number of nitrogens with one attached hydrogen (secondary N) is 1. The van der Waals surface area contributed by atoms with Crippen molar-refractivity contribution in [1.82, 2.24) is 0 Å². The van der Waals surface area contributed by atoms with E-state index in [-0.39, 0.29) is 11.8 Å². The highest BCUT2D eigenvalue weighted by Gasteiger charge is 2.29. The quantitative estimate of drug-likeness (QED) is 0.877. The van der Waals surface area contributed by atoms with Crippen LogP contribution in [0.1, 0.15) is 22.8 Å². The third kappa shape index (κ3) is 1.86. The van der Waals surface area contributed by atoms with Crippen LogP contribution >= 0.6 is 11.3 Å². The van der Waals surface area contributed by atoms with Crippen LogP contribution in [0.4, 0.5) is 5.69 Å². The molecule has 0 aliphatic carbocycles. The van der Waals surface area contributed by atoms with Crippen molar-refractivity contribution in [3.8, 4) is 11.5 Å². The monoisotopic (exact) mass is 287 g/mol. The van der Waals surface area contributed by atoms with Crippen LogP contribution in [0.2, 0.25) is 0 Å². The lowest BCUT2D eigenvalue weighted by Gasteiger charge is -2.28. The number of anilines is 1. The van der Waals surface area contributed by atoms with E-state index in [0.29, 0.717) is 25.4 Å². The fraction of sp³-hybridized carbons (Fsp3) is 0.267. The molecule has 4 nitrogen and oxygen atoms in total. The number of thiophene rings is 1. The van der Waals surface area contributed by atoms with Crippen molar-refractivity contribution in [2.24, 2.45) is 0 Å². The Balaban J connectivity index is 1.85. The van der Waals surface area contributed by atoms with Gasteiger partial charge in [0.25, 0.3) is 0 Å². The normalized spacial score (nSPS) is 20.2. The van der Waals surface area contributed by atoms with Crippen molar-refractivity contribution in [2.75, 3.05) is 18.5 Å². The van der Waals surface area contributed by atoms with Crippen molar-refractivity contribution in [3.05, 3.63) is 40.1 Å². The first-order valence-electron chi connectivity index (χ1n) is 6.58. The Bertz CT molecular complexity index is 666. The third-order valence-corrected chi connectivity index (χ3v) is 4.63. The smallest absolute Gasteiger partial charge is 0.225 e. The van der Waals surface area contributed by atoms with Crippen LogP contribution in [0.5, 0.6) is 11.5 Å². The standard InChI is InChI=1S/C15H13NO3S/c17-15-7-10(14-2-1-5-20-14)9-6-12-13(8-11(9)16-15)19-4-3-18-12/h1-2,5-6,8,10H,3-4,7H2,(H,16,17)/t10-/m1/s1. The molecule has 0 unspecified atom stereocenters. The highest BCUT2D eigenvalue weighted by molar-refractivity contribution is 7.10. The molecule has 1 aromatic heterocycles. The molecule has 2 aromatic rings. The summed E-state index contributed by atoms with van der Waals surface area (Å²) in [5.74, 6) is 1.64. The van der Waals surface area contributed by atoms with Gasteiger partial charge in [-0.2, -0.15) is 0 Å². The minimum absolute atomic E-state index is 0.0487. The highest BCUT2D eigenvalue weighted by atomic mass is 32.1. The molecule has 3 heterocycles. The molecular formula is C15H13NO3S. The van der Waals surface area contributed by atoms with Crippen molar-refractivity contribution in [3.63, 3.8) is 0 Å². The van der Waals surface area contributed by atoms with Crippen LogP contribution in [-0.2, 0) is 4.79 Å². The third-order valence-electron chi connectivity index (χ3n) is 3.64. The summed E-state index contributed by atoms with van der Waals surface area (Å²) in [4.78, 5) is 13.1. The minimum atomic E-state index is 0.0487. The van der Waals surface area contributed by atoms with Gasteiger partial charge in [-0.3, -0.25) is 4.79 Å². The van der Waals surface area contributed by atoms with Gasteiger partial charge in [-0.1, -0.05) is 6.07 Å². The van der Waals surface area contributed by atoms with Gasteiger partial charge in [0, 0.05) is 29.0 Å². The summed E-state index contributed by atoms with van der Waals surface area (Å²) in [6.07, 6.45) is 0.479. The lowest BCUT2D eigenvalue weighted by atomic mass is 9.89. The van der Waals surface area contributed by atoms with E-state index in [9.17, 15) is 4.79 Å². The van der Waals surface area contributed by atoms with Crippen molar-refractivity contribution >= 4 is 22.9 Å². The van der Waals surface area contributed by atoms with Gasteiger partial charge in [-0.25, -0.2) is 0 Å². The van der Waals surface area contributed by atoms with Gasteiger partial charge < -0.3 is 14.8 Å².